The molecule has 2 aromatic heterocycles. The molecule has 0 spiro atoms. The Bertz CT molecular complexity index is 1150. The first-order valence-electron chi connectivity index (χ1n) is 10.6. The Balaban J connectivity index is 0.00000245. The van der Waals surface area contributed by atoms with Gasteiger partial charge in [-0.3, -0.25) is 9.59 Å². The van der Waals surface area contributed by atoms with Gasteiger partial charge in [0, 0.05) is 40.3 Å². The van der Waals surface area contributed by atoms with Gasteiger partial charge in [-0.25, -0.2) is 4.98 Å². The van der Waals surface area contributed by atoms with Crippen molar-refractivity contribution in [3.63, 3.8) is 0 Å². The van der Waals surface area contributed by atoms with Crippen molar-refractivity contribution >= 4 is 57.9 Å². The van der Waals surface area contributed by atoms with Crippen molar-refractivity contribution in [2.24, 2.45) is 5.73 Å². The van der Waals surface area contributed by atoms with E-state index in [4.69, 9.17) is 17.3 Å². The molecule has 0 radical (unpaired) electrons. The van der Waals surface area contributed by atoms with Crippen molar-refractivity contribution in [1.82, 2.24) is 20.6 Å². The van der Waals surface area contributed by atoms with Crippen LogP contribution in [0.15, 0.2) is 24.3 Å². The second-order valence-electron chi connectivity index (χ2n) is 8.37. The van der Waals surface area contributed by atoms with Crippen LogP contribution in [0.5, 0.6) is 0 Å². The molecule has 3 heterocycles. The number of carbonyl (C=O) groups is 2. The number of carbonyl (C=O) groups excluding carboxylic acids is 2. The Hall–Kier alpha value is -1.97. The van der Waals surface area contributed by atoms with Crippen LogP contribution in [-0.4, -0.2) is 39.8 Å². The number of rotatable bonds is 4. The van der Waals surface area contributed by atoms with Crippen molar-refractivity contribution in [1.29, 1.82) is 0 Å². The number of thiazole rings is 1. The van der Waals surface area contributed by atoms with Gasteiger partial charge in [-0.05, 0) is 37.1 Å². The lowest BCUT2D eigenvalue weighted by molar-refractivity contribution is 0.0755. The van der Waals surface area contributed by atoms with Crippen LogP contribution < -0.4 is 16.4 Å². The van der Waals surface area contributed by atoms with Crippen molar-refractivity contribution < 1.29 is 9.59 Å². The molecule has 1 saturated carbocycles. The molecule has 5 N–H and O–H groups in total. The number of nitrogens with zero attached hydrogens (tertiary/aromatic N) is 1. The number of hydrogen-bond donors (Lipinski definition) is 4. The lowest BCUT2D eigenvalue weighted by atomic mass is 9.74. The molecule has 7 nitrogen and oxygen atoms in total. The zero-order valence-electron chi connectivity index (χ0n) is 17.4. The predicted molar refractivity (Wildman–Crippen MR) is 129 cm³/mol. The highest BCUT2D eigenvalue weighted by Crippen LogP contribution is 2.32. The number of nitrogens with two attached hydrogens (primary N) is 1. The Morgan fingerprint density at radius 3 is 2.94 bits per heavy atom. The minimum absolute atomic E-state index is 0. The standard InChI is InChI=1S/C22H24ClN5O2S.ClH/c23-13-4-5-14-12(9-13)10-16(26-14)19(29)22(24)7-2-1-3-18(22)28-20(30)21-27-15-6-8-25-11-17(15)31-21;/h4-5,9-10,18,25-26H,1-3,6-8,11,24H2,(H,28,30);1H. The lowest BCUT2D eigenvalue weighted by Crippen LogP contribution is -2.64. The Labute approximate surface area is 200 Å². The SMILES string of the molecule is Cl.NC1(C(=O)c2cc3cc(Cl)ccc3[nH]2)CCCCC1NC(=O)c1nc2c(s1)CNCC2. The summed E-state index contributed by atoms with van der Waals surface area (Å²) in [6.07, 6.45) is 3.76. The van der Waals surface area contributed by atoms with Crippen molar-refractivity contribution in [3.8, 4) is 0 Å². The van der Waals surface area contributed by atoms with Gasteiger partial charge in [-0.1, -0.05) is 24.4 Å². The van der Waals surface area contributed by atoms with Crippen LogP contribution in [-0.2, 0) is 13.0 Å². The van der Waals surface area contributed by atoms with E-state index in [-0.39, 0.29) is 24.1 Å². The second kappa shape index (κ2) is 9.11. The number of benzene rings is 1. The van der Waals surface area contributed by atoms with Crippen LogP contribution in [0.4, 0.5) is 0 Å². The summed E-state index contributed by atoms with van der Waals surface area (Å²) in [7, 11) is 0. The highest BCUT2D eigenvalue weighted by atomic mass is 35.5. The summed E-state index contributed by atoms with van der Waals surface area (Å²) in [6.45, 7) is 1.62. The highest BCUT2D eigenvalue weighted by molar-refractivity contribution is 7.13. The predicted octanol–water partition coefficient (Wildman–Crippen LogP) is 3.60. The Kier molecular flexibility index (Phi) is 6.61. The van der Waals surface area contributed by atoms with E-state index in [9.17, 15) is 9.59 Å². The van der Waals surface area contributed by atoms with Gasteiger partial charge in [0.25, 0.3) is 5.91 Å². The van der Waals surface area contributed by atoms with E-state index in [2.05, 4.69) is 20.6 Å². The lowest BCUT2D eigenvalue weighted by Gasteiger charge is -2.39. The summed E-state index contributed by atoms with van der Waals surface area (Å²) < 4.78 is 0. The van der Waals surface area contributed by atoms with E-state index in [0.29, 0.717) is 28.6 Å². The third-order valence-electron chi connectivity index (χ3n) is 6.31. The molecule has 1 aliphatic carbocycles. The number of H-pyrrole nitrogens is 1. The maximum Gasteiger partial charge on any atom is 0.280 e. The fourth-order valence-electron chi connectivity index (χ4n) is 4.59. The van der Waals surface area contributed by atoms with E-state index in [0.717, 1.165) is 53.8 Å². The number of hydrogen-bond acceptors (Lipinski definition) is 6. The molecule has 0 saturated heterocycles. The number of aromatic amines is 1. The maximum atomic E-state index is 13.5. The van der Waals surface area contributed by atoms with Crippen LogP contribution in [0.3, 0.4) is 0 Å². The zero-order chi connectivity index (χ0) is 21.6. The molecule has 3 aromatic rings. The van der Waals surface area contributed by atoms with Crippen LogP contribution >= 0.6 is 35.3 Å². The molecule has 10 heteroatoms. The summed E-state index contributed by atoms with van der Waals surface area (Å²) in [5.41, 5.74) is 7.81. The number of fused-ring (bicyclic) bond motifs is 2. The molecule has 0 bridgehead atoms. The van der Waals surface area contributed by atoms with Crippen LogP contribution in [0, 0.1) is 0 Å². The van der Waals surface area contributed by atoms with Crippen molar-refractivity contribution in [2.45, 2.75) is 50.2 Å². The number of amides is 1. The topological polar surface area (TPSA) is 113 Å². The minimum Gasteiger partial charge on any atom is -0.352 e. The fraction of sp³-hybridized carbons (Fsp3) is 0.409. The number of ketones is 1. The van der Waals surface area contributed by atoms with Crippen molar-refractivity contribution in [3.05, 3.63) is 50.6 Å². The van der Waals surface area contributed by atoms with Gasteiger partial charge < -0.3 is 21.4 Å². The number of aromatic nitrogens is 2. The molecule has 2 aliphatic rings. The van der Waals surface area contributed by atoms with Gasteiger partial charge in [-0.2, -0.15) is 0 Å². The Morgan fingerprint density at radius 1 is 1.28 bits per heavy atom. The number of halogens is 2. The zero-order valence-corrected chi connectivity index (χ0v) is 19.8. The molecule has 1 fully saturated rings. The van der Waals surface area contributed by atoms with E-state index in [1.54, 1.807) is 12.1 Å². The first-order valence-corrected chi connectivity index (χ1v) is 11.8. The summed E-state index contributed by atoms with van der Waals surface area (Å²) >= 11 is 7.49. The van der Waals surface area contributed by atoms with E-state index < -0.39 is 11.6 Å². The monoisotopic (exact) mass is 493 g/mol. The number of nitrogens with one attached hydrogen (secondary N) is 3. The number of Topliss-reactive ketones (excluding diaryl/α,β-unsaturated/α-hetero) is 1. The largest absolute Gasteiger partial charge is 0.352 e. The van der Waals surface area contributed by atoms with Crippen LogP contribution in [0.2, 0.25) is 5.02 Å². The third-order valence-corrected chi connectivity index (χ3v) is 7.64. The van der Waals surface area contributed by atoms with Gasteiger partial charge in [0.15, 0.2) is 5.01 Å². The molecule has 1 amide bonds. The van der Waals surface area contributed by atoms with E-state index >= 15 is 0 Å². The highest BCUT2D eigenvalue weighted by Gasteiger charge is 2.45. The summed E-state index contributed by atoms with van der Waals surface area (Å²) in [6, 6.07) is 6.77. The molecule has 1 aliphatic heterocycles. The van der Waals surface area contributed by atoms with Crippen molar-refractivity contribution in [2.75, 3.05) is 6.54 Å². The average Bonchev–Trinajstić information content (AvgIpc) is 3.38. The molecular weight excluding hydrogens is 469 g/mol. The Morgan fingerprint density at radius 2 is 2.12 bits per heavy atom. The van der Waals surface area contributed by atoms with Crippen LogP contribution in [0.1, 0.15) is 56.5 Å². The van der Waals surface area contributed by atoms with Crippen LogP contribution in [0.25, 0.3) is 10.9 Å². The molecule has 32 heavy (non-hydrogen) atoms. The average molecular weight is 494 g/mol. The van der Waals surface area contributed by atoms with E-state index in [1.165, 1.54) is 11.3 Å². The molecule has 2 atom stereocenters. The molecule has 1 aromatic carbocycles. The minimum atomic E-state index is -1.17. The first kappa shape index (κ1) is 23.2. The normalized spacial score (nSPS) is 22.8. The molecule has 170 valence electrons. The van der Waals surface area contributed by atoms with Gasteiger partial charge in [0.1, 0.15) is 5.54 Å². The summed E-state index contributed by atoms with van der Waals surface area (Å²) in [5.74, 6) is -0.440. The molecule has 2 unspecified atom stereocenters. The van der Waals surface area contributed by atoms with Gasteiger partial charge >= 0.3 is 0 Å². The second-order valence-corrected chi connectivity index (χ2v) is 9.89. The summed E-state index contributed by atoms with van der Waals surface area (Å²) in [5, 5.41) is 8.24. The van der Waals surface area contributed by atoms with Gasteiger partial charge in [0.05, 0.1) is 17.4 Å². The third kappa shape index (κ3) is 4.18. The smallest absolute Gasteiger partial charge is 0.280 e. The van der Waals surface area contributed by atoms with E-state index in [1.807, 2.05) is 12.1 Å². The maximum absolute atomic E-state index is 13.5. The fourth-order valence-corrected chi connectivity index (χ4v) is 5.75. The van der Waals surface area contributed by atoms with Gasteiger partial charge in [0.2, 0.25) is 5.78 Å². The summed E-state index contributed by atoms with van der Waals surface area (Å²) in [4.78, 5) is 35.3. The van der Waals surface area contributed by atoms with Gasteiger partial charge in [-0.15, -0.1) is 23.7 Å². The quantitative estimate of drug-likeness (QED) is 0.414. The first-order chi connectivity index (χ1) is 14.9. The molecule has 5 rings (SSSR count). The molecular formula is C22H25Cl2N5O2S.